The summed E-state index contributed by atoms with van der Waals surface area (Å²) in [5, 5.41) is 0. The van der Waals surface area contributed by atoms with E-state index in [1.807, 2.05) is 48.5 Å². The monoisotopic (exact) mass is 479 g/mol. The minimum Gasteiger partial charge on any atom is -0.427 e. The maximum atomic E-state index is 11.2. The van der Waals surface area contributed by atoms with Gasteiger partial charge in [0.2, 0.25) is 0 Å². The third-order valence-electron chi connectivity index (χ3n) is 6.54. The molecule has 1 heterocycles. The van der Waals surface area contributed by atoms with Crippen molar-refractivity contribution < 1.29 is 19.1 Å². The predicted molar refractivity (Wildman–Crippen MR) is 141 cm³/mol. The number of nitrogens with zero attached hydrogens (tertiary/aromatic N) is 1. The van der Waals surface area contributed by atoms with Crippen LogP contribution in [0.5, 0.6) is 11.5 Å². The van der Waals surface area contributed by atoms with Crippen LogP contribution < -0.4 is 9.47 Å². The molecular weight excluding hydrogens is 450 g/mol. The Bertz CT molecular complexity index is 1260. The average molecular weight is 480 g/mol. The first kappa shape index (κ1) is 23.7. The van der Waals surface area contributed by atoms with Gasteiger partial charge >= 0.3 is 11.9 Å². The van der Waals surface area contributed by atoms with Crippen molar-refractivity contribution >= 4 is 35.2 Å². The van der Waals surface area contributed by atoms with Crippen LogP contribution in [0, 0.1) is 0 Å². The molecule has 36 heavy (non-hydrogen) atoms. The second kappa shape index (κ2) is 10.3. The smallest absolute Gasteiger partial charge is 0.308 e. The van der Waals surface area contributed by atoms with Gasteiger partial charge in [0.1, 0.15) is 11.5 Å². The number of carbonyl (C=O) groups is 2. The van der Waals surface area contributed by atoms with E-state index >= 15 is 0 Å². The van der Waals surface area contributed by atoms with Gasteiger partial charge in [0, 0.05) is 13.8 Å². The van der Waals surface area contributed by atoms with Gasteiger partial charge in [0.15, 0.2) is 0 Å². The number of hydrogen-bond donors (Lipinski definition) is 0. The fraction of sp³-hybridized carbons (Fsp3) is 0.258. The lowest BCUT2D eigenvalue weighted by Crippen LogP contribution is -2.12. The molecule has 0 bridgehead atoms. The van der Waals surface area contributed by atoms with E-state index < -0.39 is 0 Å². The Kier molecular flexibility index (Phi) is 6.81. The Morgan fingerprint density at radius 1 is 0.667 bits per heavy atom. The SMILES string of the molecule is CC(=O)Oc1ccc(/C=C2/CCCc3cc4c(nc32)/C(=C/c2ccc(OC(C)=O)cc2)CCC4)cc1. The number of esters is 2. The third kappa shape index (κ3) is 5.46. The van der Waals surface area contributed by atoms with Gasteiger partial charge in [0.25, 0.3) is 0 Å². The molecule has 0 aliphatic heterocycles. The summed E-state index contributed by atoms with van der Waals surface area (Å²) >= 11 is 0. The van der Waals surface area contributed by atoms with Gasteiger partial charge in [0.05, 0.1) is 11.4 Å². The Hall–Kier alpha value is -3.99. The number of allylic oxidation sites excluding steroid dienone is 2. The summed E-state index contributed by atoms with van der Waals surface area (Å²) in [4.78, 5) is 27.6. The van der Waals surface area contributed by atoms with E-state index in [-0.39, 0.29) is 11.9 Å². The summed E-state index contributed by atoms with van der Waals surface area (Å²) in [6.07, 6.45) is 10.7. The van der Waals surface area contributed by atoms with Gasteiger partial charge in [-0.2, -0.15) is 0 Å². The summed E-state index contributed by atoms with van der Waals surface area (Å²) in [5.41, 5.74) is 9.48. The fourth-order valence-electron chi connectivity index (χ4n) is 4.99. The molecule has 5 rings (SSSR count). The number of pyridine rings is 1. The number of hydrogen-bond acceptors (Lipinski definition) is 5. The second-order valence-electron chi connectivity index (χ2n) is 9.38. The summed E-state index contributed by atoms with van der Waals surface area (Å²) in [6, 6.07) is 17.6. The molecule has 0 unspecified atom stereocenters. The van der Waals surface area contributed by atoms with Crippen molar-refractivity contribution in [3.8, 4) is 11.5 Å². The summed E-state index contributed by atoms with van der Waals surface area (Å²) in [6.45, 7) is 2.81. The van der Waals surface area contributed by atoms with E-state index in [1.54, 1.807) is 0 Å². The first-order valence-electron chi connectivity index (χ1n) is 12.5. The van der Waals surface area contributed by atoms with E-state index in [9.17, 15) is 9.59 Å². The lowest BCUT2D eigenvalue weighted by Gasteiger charge is -2.25. The molecule has 5 heteroatoms. The quantitative estimate of drug-likeness (QED) is 0.308. The molecular formula is C31H29NO4. The zero-order valence-corrected chi connectivity index (χ0v) is 20.7. The topological polar surface area (TPSA) is 65.5 Å². The van der Waals surface area contributed by atoms with Gasteiger partial charge in [-0.15, -0.1) is 0 Å². The van der Waals surface area contributed by atoms with Crippen LogP contribution in [0.4, 0.5) is 0 Å². The Morgan fingerprint density at radius 2 is 1.08 bits per heavy atom. The standard InChI is InChI=1S/C31H29NO4/c1-20(33)35-28-13-9-22(10-14-28)17-24-5-3-7-26-19-27-8-4-6-25(31(27)32-30(24)26)18-23-11-15-29(16-12-23)36-21(2)34/h9-19H,3-8H2,1-2H3/b24-17-,25-18+. The van der Waals surface area contributed by atoms with Crippen molar-refractivity contribution in [1.82, 2.24) is 4.98 Å². The molecule has 0 saturated carbocycles. The van der Waals surface area contributed by atoms with Gasteiger partial charge < -0.3 is 9.47 Å². The zero-order valence-electron chi connectivity index (χ0n) is 20.7. The Labute approximate surface area is 211 Å². The van der Waals surface area contributed by atoms with Crippen molar-refractivity contribution in [2.45, 2.75) is 52.4 Å². The van der Waals surface area contributed by atoms with Crippen LogP contribution in [0.2, 0.25) is 0 Å². The van der Waals surface area contributed by atoms with Crippen molar-refractivity contribution in [1.29, 1.82) is 0 Å². The van der Waals surface area contributed by atoms with Crippen molar-refractivity contribution in [2.75, 3.05) is 0 Å². The highest BCUT2D eigenvalue weighted by Crippen LogP contribution is 2.38. The number of carbonyl (C=O) groups excluding carboxylic acids is 2. The maximum Gasteiger partial charge on any atom is 0.308 e. The molecule has 0 N–H and O–H groups in total. The van der Waals surface area contributed by atoms with Gasteiger partial charge in [-0.05, 0) is 108 Å². The number of fused-ring (bicyclic) bond motifs is 2. The van der Waals surface area contributed by atoms with E-state index in [0.717, 1.165) is 61.0 Å². The van der Waals surface area contributed by atoms with Crippen molar-refractivity contribution in [3.05, 3.63) is 88.2 Å². The highest BCUT2D eigenvalue weighted by Gasteiger charge is 2.23. The predicted octanol–water partition coefficient (Wildman–Crippen LogP) is 6.69. The molecule has 1 aromatic heterocycles. The van der Waals surface area contributed by atoms with Crippen LogP contribution in [0.25, 0.3) is 23.3 Å². The molecule has 5 nitrogen and oxygen atoms in total. The molecule has 0 atom stereocenters. The van der Waals surface area contributed by atoms with E-state index in [0.29, 0.717) is 11.5 Å². The largest absolute Gasteiger partial charge is 0.427 e. The van der Waals surface area contributed by atoms with Crippen LogP contribution in [-0.2, 0) is 22.4 Å². The maximum absolute atomic E-state index is 11.2. The van der Waals surface area contributed by atoms with Crippen molar-refractivity contribution in [3.63, 3.8) is 0 Å². The third-order valence-corrected chi connectivity index (χ3v) is 6.54. The molecule has 0 saturated heterocycles. The minimum absolute atomic E-state index is 0.319. The highest BCUT2D eigenvalue weighted by molar-refractivity contribution is 5.86. The van der Waals surface area contributed by atoms with Crippen molar-refractivity contribution in [2.24, 2.45) is 0 Å². The van der Waals surface area contributed by atoms with E-state index in [2.05, 4.69) is 18.2 Å². The van der Waals surface area contributed by atoms with E-state index in [1.165, 1.54) is 36.1 Å². The van der Waals surface area contributed by atoms with Crippen LogP contribution in [0.3, 0.4) is 0 Å². The molecule has 0 radical (unpaired) electrons. The average Bonchev–Trinajstić information content (AvgIpc) is 2.85. The molecule has 3 aromatic rings. The first-order valence-corrected chi connectivity index (χ1v) is 12.5. The molecule has 0 spiro atoms. The first-order chi connectivity index (χ1) is 17.4. The van der Waals surface area contributed by atoms with Gasteiger partial charge in [-0.1, -0.05) is 30.3 Å². The number of benzene rings is 2. The second-order valence-corrected chi connectivity index (χ2v) is 9.38. The molecule has 2 aliphatic carbocycles. The summed E-state index contributed by atoms with van der Waals surface area (Å²) in [5.74, 6) is 0.467. The summed E-state index contributed by atoms with van der Waals surface area (Å²) in [7, 11) is 0. The lowest BCUT2D eigenvalue weighted by atomic mass is 9.84. The highest BCUT2D eigenvalue weighted by atomic mass is 16.5. The van der Waals surface area contributed by atoms with Crippen LogP contribution in [-0.4, -0.2) is 16.9 Å². The van der Waals surface area contributed by atoms with Gasteiger partial charge in [-0.25, -0.2) is 4.98 Å². The molecule has 2 aromatic carbocycles. The molecule has 2 aliphatic rings. The van der Waals surface area contributed by atoms with E-state index in [4.69, 9.17) is 14.5 Å². The molecule has 0 fully saturated rings. The minimum atomic E-state index is -0.319. The number of aryl methyl sites for hydroxylation is 2. The van der Waals surface area contributed by atoms with Crippen LogP contribution >= 0.6 is 0 Å². The summed E-state index contributed by atoms with van der Waals surface area (Å²) < 4.78 is 10.3. The number of aromatic nitrogens is 1. The fourth-order valence-corrected chi connectivity index (χ4v) is 4.99. The normalized spacial score (nSPS) is 16.8. The van der Waals surface area contributed by atoms with Gasteiger partial charge in [-0.3, -0.25) is 9.59 Å². The number of rotatable bonds is 4. The van der Waals surface area contributed by atoms with Crippen LogP contribution in [0.1, 0.15) is 73.2 Å². The molecule has 0 amide bonds. The Morgan fingerprint density at radius 3 is 1.47 bits per heavy atom. The van der Waals surface area contributed by atoms with Crippen LogP contribution in [0.15, 0.2) is 54.6 Å². The number of ether oxygens (including phenoxy) is 2. The Balaban J connectivity index is 1.47. The zero-order chi connectivity index (χ0) is 25.1. The lowest BCUT2D eigenvalue weighted by molar-refractivity contribution is -0.132. The molecule has 182 valence electrons.